The van der Waals surface area contributed by atoms with Crippen LogP contribution in [-0.2, 0) is 4.79 Å². The molecule has 1 aliphatic rings. The second-order valence-electron chi connectivity index (χ2n) is 7.75. The Morgan fingerprint density at radius 3 is 1.53 bits per heavy atom. The molecule has 0 aromatic heterocycles. The van der Waals surface area contributed by atoms with Gasteiger partial charge in [-0.3, -0.25) is 4.79 Å². The molecule has 0 saturated carbocycles. The van der Waals surface area contributed by atoms with Gasteiger partial charge in [-0.25, -0.2) is 0 Å². The number of nitrogens with one attached hydrogen (secondary N) is 1. The number of carbonyl (C=O) groups is 1. The zero-order chi connectivity index (χ0) is 23.4. The minimum atomic E-state index is -2.61. The van der Waals surface area contributed by atoms with Crippen LogP contribution in [0.2, 0.25) is 0 Å². The molecule has 166 valence electrons. The smallest absolute Gasteiger partial charge is 0.297 e. The van der Waals surface area contributed by atoms with Gasteiger partial charge in [-0.05, 0) is 23.9 Å². The largest absolute Gasteiger partial charge is 0.326 e. The summed E-state index contributed by atoms with van der Waals surface area (Å²) in [7, 11) is -2.61. The van der Waals surface area contributed by atoms with Crippen LogP contribution in [0.25, 0.3) is 6.08 Å². The predicted molar refractivity (Wildman–Crippen MR) is 145 cm³/mol. The Kier molecular flexibility index (Phi) is 6.22. The van der Waals surface area contributed by atoms with Crippen LogP contribution in [0.3, 0.4) is 0 Å². The summed E-state index contributed by atoms with van der Waals surface area (Å²) in [6.45, 7) is 0. The molecular formula is C28H22N3OPS. The van der Waals surface area contributed by atoms with Crippen molar-refractivity contribution in [2.75, 3.05) is 0 Å². The van der Waals surface area contributed by atoms with Crippen LogP contribution in [0, 0.1) is 0 Å². The molecule has 1 amide bonds. The lowest BCUT2D eigenvalue weighted by molar-refractivity contribution is -0.122. The van der Waals surface area contributed by atoms with Crippen molar-refractivity contribution in [3.05, 3.63) is 133 Å². The van der Waals surface area contributed by atoms with Crippen LogP contribution < -0.4 is 21.2 Å². The van der Waals surface area contributed by atoms with Gasteiger partial charge in [0.15, 0.2) is 0 Å². The topological polar surface area (TPSA) is 44.7 Å². The van der Waals surface area contributed by atoms with Crippen molar-refractivity contribution >= 4 is 52.3 Å². The summed E-state index contributed by atoms with van der Waals surface area (Å²) in [5.74, 6) is -0.263. The fourth-order valence-electron chi connectivity index (χ4n) is 3.99. The lowest BCUT2D eigenvalue weighted by Gasteiger charge is -2.28. The number of nitrogens with zero attached hydrogens (tertiary/aromatic N) is 2. The first-order valence-electron chi connectivity index (χ1n) is 10.9. The molecule has 4 nitrogen and oxygen atoms in total. The van der Waals surface area contributed by atoms with E-state index in [4.69, 9.17) is 17.1 Å². The zero-order valence-corrected chi connectivity index (χ0v) is 20.0. The number of hydrogen-bond acceptors (Lipinski definition) is 3. The molecule has 5 rings (SSSR count). The summed E-state index contributed by atoms with van der Waals surface area (Å²) in [5, 5.41) is 7.85. The molecule has 6 heteroatoms. The van der Waals surface area contributed by atoms with Crippen LogP contribution in [0.15, 0.2) is 132 Å². The van der Waals surface area contributed by atoms with Crippen molar-refractivity contribution in [2.24, 2.45) is 4.85 Å². The molecule has 1 N–H and O–H groups in total. The number of amides is 1. The second-order valence-corrected chi connectivity index (χ2v) is 11.1. The maximum Gasteiger partial charge on any atom is 0.297 e. The third-order valence-corrected chi connectivity index (χ3v) is 9.44. The van der Waals surface area contributed by atoms with Gasteiger partial charge in [-0.2, -0.15) is 9.86 Å². The maximum atomic E-state index is 13.5. The highest BCUT2D eigenvalue weighted by atomic mass is 32.1. The second kappa shape index (κ2) is 9.60. The highest BCUT2D eigenvalue weighted by molar-refractivity contribution is 7.87. The van der Waals surface area contributed by atoms with Crippen molar-refractivity contribution in [1.29, 1.82) is 0 Å². The lowest BCUT2D eigenvalue weighted by Crippen LogP contribution is -2.31. The SMILES string of the molecule is O=C1/C(=C/c2ccccc2)NC(=S)N1N=P(c1ccccc1)(c1ccccc1)c1ccccc1. The van der Waals surface area contributed by atoms with Crippen molar-refractivity contribution in [2.45, 2.75) is 0 Å². The van der Waals surface area contributed by atoms with E-state index >= 15 is 0 Å². The van der Waals surface area contributed by atoms with E-state index in [1.807, 2.05) is 84.9 Å². The third kappa shape index (κ3) is 4.12. The van der Waals surface area contributed by atoms with Crippen molar-refractivity contribution in [1.82, 2.24) is 10.3 Å². The maximum absolute atomic E-state index is 13.5. The van der Waals surface area contributed by atoms with E-state index in [9.17, 15) is 4.79 Å². The fraction of sp³-hybridized carbons (Fsp3) is 0. The first-order chi connectivity index (χ1) is 16.7. The molecule has 4 aromatic rings. The van der Waals surface area contributed by atoms with Gasteiger partial charge in [0.2, 0.25) is 5.11 Å². The minimum Gasteiger partial charge on any atom is -0.326 e. The average molecular weight is 480 g/mol. The van der Waals surface area contributed by atoms with Crippen molar-refractivity contribution in [3.63, 3.8) is 0 Å². The van der Waals surface area contributed by atoms with Gasteiger partial charge < -0.3 is 5.32 Å². The molecule has 1 aliphatic heterocycles. The van der Waals surface area contributed by atoms with Gasteiger partial charge >= 0.3 is 0 Å². The van der Waals surface area contributed by atoms with Crippen LogP contribution in [-0.4, -0.2) is 16.0 Å². The number of thiocarbonyl (C=S) groups is 1. The van der Waals surface area contributed by atoms with Crippen molar-refractivity contribution < 1.29 is 4.79 Å². The molecule has 1 saturated heterocycles. The van der Waals surface area contributed by atoms with Gasteiger partial charge in [0.05, 0.1) is 7.05 Å². The number of carbonyl (C=O) groups excluding carboxylic acids is 1. The van der Waals surface area contributed by atoms with Crippen molar-refractivity contribution in [3.8, 4) is 0 Å². The van der Waals surface area contributed by atoms with E-state index < -0.39 is 7.05 Å². The zero-order valence-electron chi connectivity index (χ0n) is 18.3. The number of hydrogen-bond donors (Lipinski definition) is 1. The Hall–Kier alpha value is -3.79. The van der Waals surface area contributed by atoms with Gasteiger partial charge in [0.1, 0.15) is 5.70 Å². The summed E-state index contributed by atoms with van der Waals surface area (Å²) in [5.41, 5.74) is 1.32. The van der Waals surface area contributed by atoms with E-state index in [0.29, 0.717) is 5.70 Å². The quantitative estimate of drug-likeness (QED) is 0.253. The highest BCUT2D eigenvalue weighted by Crippen LogP contribution is 2.47. The van der Waals surface area contributed by atoms with E-state index in [1.54, 1.807) is 6.08 Å². The molecule has 0 bridgehead atoms. The van der Waals surface area contributed by atoms with Gasteiger partial charge in [-0.15, -0.1) is 0 Å². The van der Waals surface area contributed by atoms with Crippen LogP contribution >= 0.6 is 19.3 Å². The molecule has 0 atom stereocenters. The monoisotopic (exact) mass is 479 g/mol. The summed E-state index contributed by atoms with van der Waals surface area (Å²) in [6.07, 6.45) is 1.80. The average Bonchev–Trinajstić information content (AvgIpc) is 3.16. The molecule has 0 radical (unpaired) electrons. The summed E-state index contributed by atoms with van der Waals surface area (Å²) >= 11 is 5.61. The van der Waals surface area contributed by atoms with Gasteiger partial charge in [0.25, 0.3) is 5.91 Å². The molecule has 4 aromatic carbocycles. The molecule has 0 unspecified atom stereocenters. The number of rotatable bonds is 5. The third-order valence-electron chi connectivity index (χ3n) is 5.58. The highest BCUT2D eigenvalue weighted by Gasteiger charge is 2.36. The first kappa shape index (κ1) is 22.0. The molecule has 34 heavy (non-hydrogen) atoms. The van der Waals surface area contributed by atoms with Gasteiger partial charge in [0, 0.05) is 15.9 Å². The molecule has 1 fully saturated rings. The lowest BCUT2D eigenvalue weighted by atomic mass is 10.2. The number of benzene rings is 4. The minimum absolute atomic E-state index is 0.263. The Morgan fingerprint density at radius 1 is 0.676 bits per heavy atom. The Morgan fingerprint density at radius 2 is 1.09 bits per heavy atom. The summed E-state index contributed by atoms with van der Waals surface area (Å²) in [4.78, 5) is 18.7. The van der Waals surface area contributed by atoms with E-state index in [0.717, 1.165) is 21.5 Å². The normalized spacial score (nSPS) is 14.8. The Balaban J connectivity index is 1.75. The molecule has 0 aliphatic carbocycles. The molecule has 1 heterocycles. The van der Waals surface area contributed by atoms with Gasteiger partial charge in [-0.1, -0.05) is 121 Å². The predicted octanol–water partition coefficient (Wildman–Crippen LogP) is 4.84. The van der Waals surface area contributed by atoms with E-state index in [1.165, 1.54) is 5.01 Å². The molecule has 0 spiro atoms. The molecular weight excluding hydrogens is 457 g/mol. The summed E-state index contributed by atoms with van der Waals surface area (Å²) < 4.78 is 0. The Labute approximate surface area is 204 Å². The Bertz CT molecular complexity index is 1300. The first-order valence-corrected chi connectivity index (χ1v) is 13.0. The van der Waals surface area contributed by atoms with E-state index in [-0.39, 0.29) is 11.0 Å². The fourth-order valence-corrected chi connectivity index (χ4v) is 7.74. The van der Waals surface area contributed by atoms with Crippen LogP contribution in [0.1, 0.15) is 5.56 Å². The van der Waals surface area contributed by atoms with Crippen LogP contribution in [0.4, 0.5) is 0 Å². The van der Waals surface area contributed by atoms with Crippen LogP contribution in [0.5, 0.6) is 0 Å². The standard InChI is InChI=1S/C28H22N3OPS/c32-27-26(21-22-13-5-1-6-14-22)29-28(34)31(27)30-33(23-15-7-2-8-16-23,24-17-9-3-10-18-24)25-19-11-4-12-20-25/h1-21H,(H,29,34)/b26-21-. The summed E-state index contributed by atoms with van der Waals surface area (Å²) in [6, 6.07) is 40.2. The van der Waals surface area contributed by atoms with E-state index in [2.05, 4.69) is 41.7 Å².